The number of aromatic nitrogens is 1. The summed E-state index contributed by atoms with van der Waals surface area (Å²) in [4.78, 5) is 0. The summed E-state index contributed by atoms with van der Waals surface area (Å²) in [7, 11) is 0. The van der Waals surface area contributed by atoms with E-state index in [-0.39, 0.29) is 5.82 Å². The molecule has 0 unspecified atom stereocenters. The second kappa shape index (κ2) is 8.24. The molecular formula is C21H20ClFNO+. The van der Waals surface area contributed by atoms with Gasteiger partial charge >= 0.3 is 0 Å². The van der Waals surface area contributed by atoms with Gasteiger partial charge in [-0.25, -0.2) is 8.96 Å². The Bertz CT molecular complexity index is 801. The summed E-state index contributed by atoms with van der Waals surface area (Å²) in [5.74, 6) is -0.285. The zero-order valence-corrected chi connectivity index (χ0v) is 14.5. The number of hydrogen-bond donors (Lipinski definition) is 1. The molecule has 1 atom stereocenters. The molecule has 3 rings (SSSR count). The number of aryl methyl sites for hydroxylation is 1. The van der Waals surface area contributed by atoms with Crippen LogP contribution in [0, 0.1) is 5.82 Å². The van der Waals surface area contributed by atoms with E-state index in [1.807, 2.05) is 36.7 Å². The van der Waals surface area contributed by atoms with Crippen molar-refractivity contribution in [3.05, 3.63) is 89.5 Å². The summed E-state index contributed by atoms with van der Waals surface area (Å²) in [6.07, 6.45) is 4.98. The van der Waals surface area contributed by atoms with Crippen LogP contribution in [0.3, 0.4) is 0 Å². The van der Waals surface area contributed by atoms with Crippen LogP contribution in [0.2, 0.25) is 5.02 Å². The summed E-state index contributed by atoms with van der Waals surface area (Å²) < 4.78 is 15.0. The van der Waals surface area contributed by atoms with Gasteiger partial charge in [-0.3, -0.25) is 0 Å². The number of aliphatic hydroxyl groups is 1. The Kier molecular flexibility index (Phi) is 5.79. The Balaban J connectivity index is 1.53. The topological polar surface area (TPSA) is 24.1 Å². The van der Waals surface area contributed by atoms with E-state index in [1.165, 1.54) is 12.1 Å². The Morgan fingerprint density at radius 3 is 2.12 bits per heavy atom. The number of aliphatic hydroxyl groups excluding tert-OH is 1. The van der Waals surface area contributed by atoms with Crippen molar-refractivity contribution in [2.24, 2.45) is 0 Å². The maximum atomic E-state index is 12.9. The van der Waals surface area contributed by atoms with Crippen molar-refractivity contribution in [3.8, 4) is 11.1 Å². The van der Waals surface area contributed by atoms with Crippen LogP contribution in [0.5, 0.6) is 0 Å². The van der Waals surface area contributed by atoms with Crippen molar-refractivity contribution in [2.45, 2.75) is 25.5 Å². The third kappa shape index (κ3) is 4.88. The fourth-order valence-corrected chi connectivity index (χ4v) is 2.89. The molecule has 128 valence electrons. The highest BCUT2D eigenvalue weighted by atomic mass is 35.5. The van der Waals surface area contributed by atoms with Crippen LogP contribution in [-0.4, -0.2) is 5.11 Å². The fourth-order valence-electron chi connectivity index (χ4n) is 2.76. The van der Waals surface area contributed by atoms with Crippen LogP contribution in [0.15, 0.2) is 73.1 Å². The van der Waals surface area contributed by atoms with Gasteiger partial charge in [-0.1, -0.05) is 35.9 Å². The zero-order chi connectivity index (χ0) is 17.6. The summed E-state index contributed by atoms with van der Waals surface area (Å²) >= 11 is 5.92. The molecule has 2 aromatic carbocycles. The quantitative estimate of drug-likeness (QED) is 0.621. The van der Waals surface area contributed by atoms with E-state index in [0.717, 1.165) is 34.7 Å². The zero-order valence-electron chi connectivity index (χ0n) is 13.8. The standard InChI is InChI=1S/C21H20ClFNO/c22-19-7-3-16(4-8-19)17-11-14-24(15-12-17)13-1-2-21(25)18-5-9-20(23)10-6-18/h3-12,14-15,21,25H,1-2,13H2/q+1/t21-/m0/s1. The van der Waals surface area contributed by atoms with E-state index in [1.54, 1.807) is 12.1 Å². The molecule has 1 heterocycles. The molecule has 2 nitrogen and oxygen atoms in total. The van der Waals surface area contributed by atoms with Gasteiger partial charge in [0.1, 0.15) is 12.4 Å². The third-order valence-corrected chi connectivity index (χ3v) is 4.47. The first-order valence-corrected chi connectivity index (χ1v) is 8.68. The van der Waals surface area contributed by atoms with Gasteiger partial charge in [-0.2, -0.15) is 0 Å². The van der Waals surface area contributed by atoms with E-state index in [9.17, 15) is 9.50 Å². The van der Waals surface area contributed by atoms with Crippen molar-refractivity contribution >= 4 is 11.6 Å². The number of benzene rings is 2. The maximum Gasteiger partial charge on any atom is 0.169 e. The summed E-state index contributed by atoms with van der Waals surface area (Å²) in [6.45, 7) is 0.819. The monoisotopic (exact) mass is 356 g/mol. The van der Waals surface area contributed by atoms with Crippen molar-refractivity contribution in [2.75, 3.05) is 0 Å². The van der Waals surface area contributed by atoms with E-state index in [2.05, 4.69) is 16.7 Å². The third-order valence-electron chi connectivity index (χ3n) is 4.22. The van der Waals surface area contributed by atoms with Gasteiger partial charge in [0, 0.05) is 23.6 Å². The minimum Gasteiger partial charge on any atom is -0.388 e. The van der Waals surface area contributed by atoms with Crippen LogP contribution in [-0.2, 0) is 6.54 Å². The second-order valence-electron chi connectivity index (χ2n) is 6.04. The van der Waals surface area contributed by atoms with E-state index < -0.39 is 6.10 Å². The molecule has 0 saturated carbocycles. The fraction of sp³-hybridized carbons (Fsp3) is 0.190. The second-order valence-corrected chi connectivity index (χ2v) is 6.48. The average molecular weight is 357 g/mol. The Morgan fingerprint density at radius 1 is 0.880 bits per heavy atom. The highest BCUT2D eigenvalue weighted by Crippen LogP contribution is 2.21. The average Bonchev–Trinajstić information content (AvgIpc) is 2.63. The molecule has 0 spiro atoms. The summed E-state index contributed by atoms with van der Waals surface area (Å²) in [6, 6.07) is 17.9. The maximum absolute atomic E-state index is 12.9. The molecule has 0 aliphatic rings. The van der Waals surface area contributed by atoms with Crippen molar-refractivity contribution < 1.29 is 14.1 Å². The predicted molar refractivity (Wildman–Crippen MR) is 97.7 cm³/mol. The smallest absolute Gasteiger partial charge is 0.169 e. The van der Waals surface area contributed by atoms with Crippen molar-refractivity contribution in [3.63, 3.8) is 0 Å². The van der Waals surface area contributed by atoms with E-state index in [0.29, 0.717) is 6.42 Å². The van der Waals surface area contributed by atoms with E-state index in [4.69, 9.17) is 11.6 Å². The highest BCUT2D eigenvalue weighted by Gasteiger charge is 2.09. The molecular weight excluding hydrogens is 337 g/mol. The minimum atomic E-state index is -0.561. The molecule has 25 heavy (non-hydrogen) atoms. The molecule has 4 heteroatoms. The lowest BCUT2D eigenvalue weighted by atomic mass is 10.0. The van der Waals surface area contributed by atoms with Crippen LogP contribution in [0.4, 0.5) is 4.39 Å². The molecule has 0 aliphatic heterocycles. The van der Waals surface area contributed by atoms with Crippen LogP contribution in [0.1, 0.15) is 24.5 Å². The Hall–Kier alpha value is -2.23. The largest absolute Gasteiger partial charge is 0.388 e. The van der Waals surface area contributed by atoms with Crippen molar-refractivity contribution in [1.29, 1.82) is 0 Å². The summed E-state index contributed by atoms with van der Waals surface area (Å²) in [5.41, 5.74) is 3.02. The summed E-state index contributed by atoms with van der Waals surface area (Å²) in [5, 5.41) is 10.9. The van der Waals surface area contributed by atoms with Crippen LogP contribution in [0.25, 0.3) is 11.1 Å². The first-order chi connectivity index (χ1) is 12.1. The highest BCUT2D eigenvalue weighted by molar-refractivity contribution is 6.30. The lowest BCUT2D eigenvalue weighted by Crippen LogP contribution is -2.32. The number of halogens is 2. The molecule has 0 amide bonds. The lowest BCUT2D eigenvalue weighted by molar-refractivity contribution is -0.697. The molecule has 0 fully saturated rings. The van der Waals surface area contributed by atoms with Crippen LogP contribution >= 0.6 is 11.6 Å². The van der Waals surface area contributed by atoms with Gasteiger partial charge in [-0.15, -0.1) is 0 Å². The van der Waals surface area contributed by atoms with Crippen LogP contribution < -0.4 is 4.57 Å². The van der Waals surface area contributed by atoms with Crippen molar-refractivity contribution in [1.82, 2.24) is 0 Å². The number of rotatable bonds is 6. The van der Waals surface area contributed by atoms with Gasteiger partial charge in [0.15, 0.2) is 12.4 Å². The van der Waals surface area contributed by atoms with Gasteiger partial charge < -0.3 is 5.11 Å². The Labute approximate surface area is 152 Å². The van der Waals surface area contributed by atoms with Gasteiger partial charge in [0.25, 0.3) is 0 Å². The normalized spacial score (nSPS) is 12.1. The van der Waals surface area contributed by atoms with Gasteiger partial charge in [-0.05, 0) is 47.4 Å². The number of hydrogen-bond acceptors (Lipinski definition) is 1. The molecule has 0 radical (unpaired) electrons. The molecule has 1 N–H and O–H groups in total. The number of pyridine rings is 1. The lowest BCUT2D eigenvalue weighted by Gasteiger charge is -2.09. The Morgan fingerprint density at radius 2 is 1.48 bits per heavy atom. The first kappa shape index (κ1) is 17.6. The molecule has 0 saturated heterocycles. The SMILES string of the molecule is O[C@@H](CCC[n+]1ccc(-c2ccc(Cl)cc2)cc1)c1ccc(F)cc1. The first-order valence-electron chi connectivity index (χ1n) is 8.30. The molecule has 0 aliphatic carbocycles. The van der Waals surface area contributed by atoms with E-state index >= 15 is 0 Å². The molecule has 1 aromatic heterocycles. The predicted octanol–water partition coefficient (Wildman–Crippen LogP) is 4.95. The van der Waals surface area contributed by atoms with Gasteiger partial charge in [0.05, 0.1) is 6.10 Å². The molecule has 0 bridgehead atoms. The molecule has 3 aromatic rings. The minimum absolute atomic E-state index is 0.285. The van der Waals surface area contributed by atoms with Gasteiger partial charge in [0.2, 0.25) is 0 Å². The number of nitrogens with zero attached hydrogens (tertiary/aromatic N) is 1.